The van der Waals surface area contributed by atoms with E-state index in [1.807, 2.05) is 41.3 Å². The third-order valence-corrected chi connectivity index (χ3v) is 6.26. The first-order valence-corrected chi connectivity index (χ1v) is 11.2. The number of nitrogens with one attached hydrogen (secondary N) is 1. The van der Waals surface area contributed by atoms with Crippen molar-refractivity contribution < 1.29 is 19.1 Å². The Bertz CT molecular complexity index is 1080. The van der Waals surface area contributed by atoms with Gasteiger partial charge in [0, 0.05) is 36.6 Å². The Hall–Kier alpha value is -3.28. The van der Waals surface area contributed by atoms with E-state index in [-0.39, 0.29) is 18.3 Å². The van der Waals surface area contributed by atoms with Crippen molar-refractivity contribution in [2.24, 2.45) is 0 Å². The first-order chi connectivity index (χ1) is 15.5. The van der Waals surface area contributed by atoms with Gasteiger partial charge in [0.05, 0.1) is 7.11 Å². The minimum absolute atomic E-state index is 0.0182. The largest absolute Gasteiger partial charge is 0.497 e. The second-order valence-corrected chi connectivity index (χ2v) is 8.45. The minimum Gasteiger partial charge on any atom is -0.497 e. The summed E-state index contributed by atoms with van der Waals surface area (Å²) in [6.45, 7) is 3.10. The van der Waals surface area contributed by atoms with Gasteiger partial charge >= 0.3 is 0 Å². The molecule has 1 aromatic heterocycles. The van der Waals surface area contributed by atoms with E-state index < -0.39 is 0 Å². The summed E-state index contributed by atoms with van der Waals surface area (Å²) in [5.74, 6) is 2.15. The average molecular weight is 435 g/mol. The summed E-state index contributed by atoms with van der Waals surface area (Å²) in [7, 11) is 1.68. The maximum absolute atomic E-state index is 12.6. The lowest BCUT2D eigenvalue weighted by Gasteiger charge is -2.32. The molecule has 6 nitrogen and oxygen atoms in total. The Morgan fingerprint density at radius 3 is 2.47 bits per heavy atom. The summed E-state index contributed by atoms with van der Waals surface area (Å²) in [5.41, 5.74) is 3.50. The molecule has 1 N–H and O–H groups in total. The zero-order valence-corrected chi connectivity index (χ0v) is 18.7. The van der Waals surface area contributed by atoms with Crippen LogP contribution in [0.3, 0.4) is 0 Å². The molecule has 1 aliphatic rings. The van der Waals surface area contributed by atoms with E-state index in [0.29, 0.717) is 18.1 Å². The summed E-state index contributed by atoms with van der Waals surface area (Å²) in [5, 5.41) is 1.20. The van der Waals surface area contributed by atoms with Crippen LogP contribution in [0.25, 0.3) is 10.9 Å². The molecule has 0 saturated carbocycles. The minimum atomic E-state index is 0.0182. The fraction of sp³-hybridized carbons (Fsp3) is 0.385. The first kappa shape index (κ1) is 21.9. The Morgan fingerprint density at radius 1 is 1.06 bits per heavy atom. The van der Waals surface area contributed by atoms with Gasteiger partial charge in [-0.25, -0.2) is 0 Å². The standard InChI is InChI=1S/C26H30N2O4/c1-18(29)3-4-19-5-7-21(8-6-19)32-17-26(30)28-13-11-20(12-14-28)24-16-27-25-10-9-22(31-2)15-23(24)25/h5-10,15-16,20,27H,3-4,11-14,17H2,1-2H3. The van der Waals surface area contributed by atoms with Gasteiger partial charge in [-0.05, 0) is 73.6 Å². The van der Waals surface area contributed by atoms with Crippen molar-refractivity contribution in [3.8, 4) is 11.5 Å². The van der Waals surface area contributed by atoms with Gasteiger partial charge in [-0.2, -0.15) is 0 Å². The van der Waals surface area contributed by atoms with E-state index in [9.17, 15) is 9.59 Å². The molecule has 4 rings (SSSR count). The smallest absolute Gasteiger partial charge is 0.260 e. The van der Waals surface area contributed by atoms with Crippen molar-refractivity contribution in [1.82, 2.24) is 9.88 Å². The zero-order valence-electron chi connectivity index (χ0n) is 18.7. The number of aromatic nitrogens is 1. The number of benzene rings is 2. The molecule has 0 spiro atoms. The van der Waals surface area contributed by atoms with Crippen LogP contribution in [0.2, 0.25) is 0 Å². The van der Waals surface area contributed by atoms with Gasteiger partial charge in [0.1, 0.15) is 17.3 Å². The van der Waals surface area contributed by atoms with Crippen molar-refractivity contribution in [1.29, 1.82) is 0 Å². The molecular formula is C26H30N2O4. The monoisotopic (exact) mass is 434 g/mol. The summed E-state index contributed by atoms with van der Waals surface area (Å²) in [6, 6.07) is 13.7. The number of aromatic amines is 1. The molecule has 1 amide bonds. The molecule has 2 heterocycles. The number of amides is 1. The first-order valence-electron chi connectivity index (χ1n) is 11.2. The van der Waals surface area contributed by atoms with E-state index in [1.165, 1.54) is 10.9 Å². The number of rotatable bonds is 8. The van der Waals surface area contributed by atoms with E-state index in [4.69, 9.17) is 9.47 Å². The van der Waals surface area contributed by atoms with Gasteiger partial charge in [-0.1, -0.05) is 12.1 Å². The van der Waals surface area contributed by atoms with Crippen molar-refractivity contribution in [3.63, 3.8) is 0 Å². The van der Waals surface area contributed by atoms with Crippen LogP contribution < -0.4 is 9.47 Å². The van der Waals surface area contributed by atoms with Crippen LogP contribution in [0.5, 0.6) is 11.5 Å². The number of hydrogen-bond acceptors (Lipinski definition) is 4. The molecule has 0 radical (unpaired) electrons. The van der Waals surface area contributed by atoms with Gasteiger partial charge in [-0.3, -0.25) is 4.79 Å². The number of fused-ring (bicyclic) bond motifs is 1. The van der Waals surface area contributed by atoms with Gasteiger partial charge in [0.25, 0.3) is 5.91 Å². The lowest BCUT2D eigenvalue weighted by Crippen LogP contribution is -2.40. The molecule has 1 saturated heterocycles. The van der Waals surface area contributed by atoms with Crippen LogP contribution in [-0.4, -0.2) is 48.4 Å². The molecule has 168 valence electrons. The molecule has 32 heavy (non-hydrogen) atoms. The highest BCUT2D eigenvalue weighted by Gasteiger charge is 2.25. The summed E-state index contributed by atoms with van der Waals surface area (Å²) >= 11 is 0. The molecule has 0 unspecified atom stereocenters. The van der Waals surface area contributed by atoms with Crippen LogP contribution in [0.4, 0.5) is 0 Å². The summed E-state index contributed by atoms with van der Waals surface area (Å²) in [4.78, 5) is 29.0. The second kappa shape index (κ2) is 9.90. The fourth-order valence-corrected chi connectivity index (χ4v) is 4.34. The molecular weight excluding hydrogens is 404 g/mol. The van der Waals surface area contributed by atoms with Crippen molar-refractivity contribution in [3.05, 3.63) is 59.8 Å². The van der Waals surface area contributed by atoms with E-state index in [2.05, 4.69) is 17.2 Å². The van der Waals surface area contributed by atoms with E-state index >= 15 is 0 Å². The molecule has 1 fully saturated rings. The quantitative estimate of drug-likeness (QED) is 0.567. The maximum Gasteiger partial charge on any atom is 0.260 e. The molecule has 3 aromatic rings. The number of piperidine rings is 1. The lowest BCUT2D eigenvalue weighted by molar-refractivity contribution is -0.134. The number of hydrogen-bond donors (Lipinski definition) is 1. The van der Waals surface area contributed by atoms with Crippen molar-refractivity contribution in [2.75, 3.05) is 26.8 Å². The molecule has 1 aliphatic heterocycles. The predicted octanol–water partition coefficient (Wildman–Crippen LogP) is 4.48. The topological polar surface area (TPSA) is 71.6 Å². The summed E-state index contributed by atoms with van der Waals surface area (Å²) < 4.78 is 11.1. The number of Topliss-reactive ketones (excluding diaryl/α,β-unsaturated/α-hetero) is 1. The third-order valence-electron chi connectivity index (χ3n) is 6.26. The number of aryl methyl sites for hydroxylation is 1. The second-order valence-electron chi connectivity index (χ2n) is 8.45. The Labute approximate surface area is 188 Å². The third kappa shape index (κ3) is 5.13. The Kier molecular flexibility index (Phi) is 6.78. The van der Waals surface area contributed by atoms with Gasteiger partial charge < -0.3 is 24.2 Å². The van der Waals surface area contributed by atoms with Gasteiger partial charge in [-0.15, -0.1) is 0 Å². The fourth-order valence-electron chi connectivity index (χ4n) is 4.34. The SMILES string of the molecule is COc1ccc2[nH]cc(C3CCN(C(=O)COc4ccc(CCC(C)=O)cc4)CC3)c2c1. The summed E-state index contributed by atoms with van der Waals surface area (Å²) in [6.07, 6.45) is 5.23. The number of H-pyrrole nitrogens is 1. The van der Waals surface area contributed by atoms with Crippen LogP contribution in [0.15, 0.2) is 48.7 Å². The normalized spacial score (nSPS) is 14.5. The van der Waals surface area contributed by atoms with Gasteiger partial charge in [0.15, 0.2) is 6.61 Å². The number of nitrogens with zero attached hydrogens (tertiary/aromatic N) is 1. The van der Waals surface area contributed by atoms with Gasteiger partial charge in [0.2, 0.25) is 0 Å². The lowest BCUT2D eigenvalue weighted by atomic mass is 9.89. The number of methoxy groups -OCH3 is 1. The number of likely N-dealkylation sites (tertiary alicyclic amines) is 1. The molecule has 0 aliphatic carbocycles. The number of carbonyl (C=O) groups is 2. The van der Waals surface area contributed by atoms with Crippen molar-refractivity contribution >= 4 is 22.6 Å². The highest BCUT2D eigenvalue weighted by molar-refractivity contribution is 5.85. The van der Waals surface area contributed by atoms with Crippen LogP contribution in [-0.2, 0) is 16.0 Å². The van der Waals surface area contributed by atoms with Crippen molar-refractivity contribution in [2.45, 2.75) is 38.5 Å². The van der Waals surface area contributed by atoms with E-state index in [0.717, 1.165) is 49.2 Å². The molecule has 0 bridgehead atoms. The average Bonchev–Trinajstić information content (AvgIpc) is 3.25. The Morgan fingerprint density at radius 2 is 1.78 bits per heavy atom. The maximum atomic E-state index is 12.6. The molecule has 0 atom stereocenters. The van der Waals surface area contributed by atoms with E-state index in [1.54, 1.807) is 14.0 Å². The van der Waals surface area contributed by atoms with Crippen LogP contribution >= 0.6 is 0 Å². The highest BCUT2D eigenvalue weighted by atomic mass is 16.5. The Balaban J connectivity index is 1.28. The van der Waals surface area contributed by atoms with Crippen LogP contribution in [0.1, 0.15) is 43.2 Å². The number of ketones is 1. The number of ether oxygens (including phenoxy) is 2. The van der Waals surface area contributed by atoms with Crippen LogP contribution in [0, 0.1) is 0 Å². The number of carbonyl (C=O) groups excluding carboxylic acids is 2. The highest BCUT2D eigenvalue weighted by Crippen LogP contribution is 2.34. The predicted molar refractivity (Wildman–Crippen MR) is 124 cm³/mol. The molecule has 2 aromatic carbocycles. The zero-order chi connectivity index (χ0) is 22.5. The molecule has 6 heteroatoms.